The summed E-state index contributed by atoms with van der Waals surface area (Å²) >= 11 is 0. The van der Waals surface area contributed by atoms with Gasteiger partial charge >= 0.3 is 0 Å². The Morgan fingerprint density at radius 2 is 2.09 bits per heavy atom. The topological polar surface area (TPSA) is 70.4 Å². The Balaban J connectivity index is 1.34. The number of carbonyl (C=O) groups is 1. The SMILES string of the molecule is C[C@@H]1CN(C2CCNCC2)C[C@@H]1NC(=O)c1cc(C2CC2)on1. The zero-order valence-electron chi connectivity index (χ0n) is 13.8. The predicted octanol–water partition coefficient (Wildman–Crippen LogP) is 1.35. The van der Waals surface area contributed by atoms with Crippen LogP contribution in [0, 0.1) is 5.92 Å². The van der Waals surface area contributed by atoms with Crippen molar-refractivity contribution in [3.63, 3.8) is 0 Å². The third-order valence-corrected chi connectivity index (χ3v) is 5.52. The molecule has 2 aliphatic heterocycles. The Hall–Kier alpha value is -1.40. The van der Waals surface area contributed by atoms with Gasteiger partial charge in [-0.1, -0.05) is 12.1 Å². The molecule has 126 valence electrons. The molecule has 23 heavy (non-hydrogen) atoms. The first-order valence-electron chi connectivity index (χ1n) is 8.93. The first-order chi connectivity index (χ1) is 11.2. The molecule has 0 radical (unpaired) electrons. The summed E-state index contributed by atoms with van der Waals surface area (Å²) < 4.78 is 5.29. The first kappa shape index (κ1) is 15.1. The van der Waals surface area contributed by atoms with E-state index in [1.54, 1.807) is 0 Å². The van der Waals surface area contributed by atoms with Gasteiger partial charge in [-0.25, -0.2) is 0 Å². The van der Waals surface area contributed by atoms with Gasteiger partial charge in [0.2, 0.25) is 0 Å². The summed E-state index contributed by atoms with van der Waals surface area (Å²) in [6.45, 7) is 6.46. The maximum atomic E-state index is 12.4. The molecule has 1 aromatic rings. The van der Waals surface area contributed by atoms with Crippen molar-refractivity contribution in [2.45, 2.75) is 50.6 Å². The van der Waals surface area contributed by atoms with E-state index in [2.05, 4.69) is 27.6 Å². The molecule has 1 amide bonds. The van der Waals surface area contributed by atoms with Gasteiger partial charge in [-0.15, -0.1) is 0 Å². The Morgan fingerprint density at radius 3 is 2.83 bits per heavy atom. The fraction of sp³-hybridized carbons (Fsp3) is 0.765. The summed E-state index contributed by atoms with van der Waals surface area (Å²) in [5.74, 6) is 1.74. The average Bonchev–Trinajstić information content (AvgIpc) is 3.18. The molecular formula is C17H26N4O2. The molecule has 2 atom stereocenters. The molecule has 0 spiro atoms. The van der Waals surface area contributed by atoms with Crippen molar-refractivity contribution < 1.29 is 9.32 Å². The molecule has 6 nitrogen and oxygen atoms in total. The lowest BCUT2D eigenvalue weighted by Crippen LogP contribution is -2.44. The lowest BCUT2D eigenvalue weighted by Gasteiger charge is -2.31. The molecule has 1 saturated carbocycles. The van der Waals surface area contributed by atoms with Gasteiger partial charge in [0.15, 0.2) is 5.69 Å². The zero-order valence-corrected chi connectivity index (χ0v) is 13.8. The van der Waals surface area contributed by atoms with E-state index in [1.165, 1.54) is 12.8 Å². The highest BCUT2D eigenvalue weighted by Gasteiger charge is 2.35. The van der Waals surface area contributed by atoms with Crippen LogP contribution in [-0.4, -0.2) is 54.2 Å². The molecule has 0 unspecified atom stereocenters. The fourth-order valence-electron chi connectivity index (χ4n) is 3.86. The van der Waals surface area contributed by atoms with Crippen LogP contribution < -0.4 is 10.6 Å². The molecular weight excluding hydrogens is 292 g/mol. The lowest BCUT2D eigenvalue weighted by molar-refractivity contribution is 0.0920. The highest BCUT2D eigenvalue weighted by atomic mass is 16.5. The number of amides is 1. The number of rotatable bonds is 4. The van der Waals surface area contributed by atoms with Crippen molar-refractivity contribution in [1.29, 1.82) is 0 Å². The molecule has 1 aromatic heterocycles. The van der Waals surface area contributed by atoms with E-state index in [0.717, 1.165) is 44.8 Å². The summed E-state index contributed by atoms with van der Waals surface area (Å²) in [6, 6.07) is 2.68. The second-order valence-electron chi connectivity index (χ2n) is 7.38. The number of nitrogens with one attached hydrogen (secondary N) is 2. The second-order valence-corrected chi connectivity index (χ2v) is 7.38. The van der Waals surface area contributed by atoms with E-state index < -0.39 is 0 Å². The minimum atomic E-state index is -0.0929. The van der Waals surface area contributed by atoms with Crippen LogP contribution in [0.5, 0.6) is 0 Å². The lowest BCUT2D eigenvalue weighted by atomic mass is 10.1. The second kappa shape index (κ2) is 6.24. The average molecular weight is 318 g/mol. The van der Waals surface area contributed by atoms with Gasteiger partial charge in [-0.2, -0.15) is 0 Å². The van der Waals surface area contributed by atoms with E-state index >= 15 is 0 Å². The van der Waals surface area contributed by atoms with Gasteiger partial charge in [0.1, 0.15) is 5.76 Å². The Kier molecular flexibility index (Phi) is 4.11. The molecule has 3 heterocycles. The molecule has 0 aromatic carbocycles. The maximum absolute atomic E-state index is 12.4. The summed E-state index contributed by atoms with van der Waals surface area (Å²) in [7, 11) is 0. The number of likely N-dealkylation sites (tertiary alicyclic amines) is 1. The summed E-state index contributed by atoms with van der Waals surface area (Å²) in [4.78, 5) is 15.0. The van der Waals surface area contributed by atoms with E-state index in [0.29, 0.717) is 23.6 Å². The third kappa shape index (κ3) is 3.28. The predicted molar refractivity (Wildman–Crippen MR) is 86.4 cm³/mol. The van der Waals surface area contributed by atoms with Gasteiger partial charge < -0.3 is 15.2 Å². The van der Waals surface area contributed by atoms with E-state index in [-0.39, 0.29) is 11.9 Å². The van der Waals surface area contributed by atoms with Gasteiger partial charge in [0.25, 0.3) is 5.91 Å². The summed E-state index contributed by atoms with van der Waals surface area (Å²) in [5, 5.41) is 10.5. The van der Waals surface area contributed by atoms with Crippen molar-refractivity contribution in [3.05, 3.63) is 17.5 Å². The van der Waals surface area contributed by atoms with Crippen LogP contribution in [0.15, 0.2) is 10.6 Å². The van der Waals surface area contributed by atoms with Gasteiger partial charge in [-0.3, -0.25) is 9.69 Å². The van der Waals surface area contributed by atoms with Crippen LogP contribution in [0.25, 0.3) is 0 Å². The van der Waals surface area contributed by atoms with Gasteiger partial charge in [0, 0.05) is 37.2 Å². The molecule has 3 fully saturated rings. The first-order valence-corrected chi connectivity index (χ1v) is 8.93. The Labute approximate surface area is 137 Å². The molecule has 2 N–H and O–H groups in total. The van der Waals surface area contributed by atoms with Crippen molar-refractivity contribution in [3.8, 4) is 0 Å². The Bertz CT molecular complexity index is 563. The fourth-order valence-corrected chi connectivity index (χ4v) is 3.86. The molecule has 2 saturated heterocycles. The van der Waals surface area contributed by atoms with Crippen molar-refractivity contribution in [2.24, 2.45) is 5.92 Å². The standard InChI is InChI=1S/C17H26N4O2/c1-11-9-21(13-4-6-18-7-5-13)10-15(11)19-17(22)14-8-16(23-20-14)12-2-3-12/h8,11-13,15,18H,2-7,9-10H2,1H3,(H,19,22)/t11-,15+/m1/s1. The number of aromatic nitrogens is 1. The van der Waals surface area contributed by atoms with Crippen molar-refractivity contribution in [2.75, 3.05) is 26.2 Å². The molecule has 3 aliphatic rings. The number of hydrogen-bond donors (Lipinski definition) is 2. The summed E-state index contributed by atoms with van der Waals surface area (Å²) in [6.07, 6.45) is 4.73. The Morgan fingerprint density at radius 1 is 1.30 bits per heavy atom. The minimum absolute atomic E-state index is 0.0929. The minimum Gasteiger partial charge on any atom is -0.360 e. The number of carbonyl (C=O) groups excluding carboxylic acids is 1. The molecule has 1 aliphatic carbocycles. The van der Waals surface area contributed by atoms with Crippen LogP contribution in [0.2, 0.25) is 0 Å². The maximum Gasteiger partial charge on any atom is 0.273 e. The number of piperidine rings is 1. The van der Waals surface area contributed by atoms with Crippen molar-refractivity contribution in [1.82, 2.24) is 20.7 Å². The van der Waals surface area contributed by atoms with Gasteiger partial charge in [-0.05, 0) is 44.7 Å². The van der Waals surface area contributed by atoms with E-state index in [4.69, 9.17) is 4.52 Å². The molecule has 6 heteroatoms. The highest BCUT2D eigenvalue weighted by molar-refractivity contribution is 5.92. The summed E-state index contributed by atoms with van der Waals surface area (Å²) in [5.41, 5.74) is 0.430. The third-order valence-electron chi connectivity index (χ3n) is 5.52. The quantitative estimate of drug-likeness (QED) is 0.877. The smallest absolute Gasteiger partial charge is 0.273 e. The largest absolute Gasteiger partial charge is 0.360 e. The van der Waals surface area contributed by atoms with Crippen LogP contribution in [0.1, 0.15) is 54.8 Å². The van der Waals surface area contributed by atoms with E-state index in [9.17, 15) is 4.79 Å². The zero-order chi connectivity index (χ0) is 15.8. The monoisotopic (exact) mass is 318 g/mol. The van der Waals surface area contributed by atoms with Crippen LogP contribution in [0.3, 0.4) is 0 Å². The van der Waals surface area contributed by atoms with Gasteiger partial charge in [0.05, 0.1) is 0 Å². The number of nitrogens with zero attached hydrogens (tertiary/aromatic N) is 2. The highest BCUT2D eigenvalue weighted by Crippen LogP contribution is 2.40. The van der Waals surface area contributed by atoms with Crippen molar-refractivity contribution >= 4 is 5.91 Å². The normalized spacial score (nSPS) is 29.8. The molecule has 4 rings (SSSR count). The molecule has 0 bridgehead atoms. The number of hydrogen-bond acceptors (Lipinski definition) is 5. The van der Waals surface area contributed by atoms with Crippen LogP contribution >= 0.6 is 0 Å². The van der Waals surface area contributed by atoms with Crippen LogP contribution in [-0.2, 0) is 0 Å². The van der Waals surface area contributed by atoms with E-state index in [1.807, 2.05) is 6.07 Å². The van der Waals surface area contributed by atoms with Crippen LogP contribution in [0.4, 0.5) is 0 Å².